The number of rotatable bonds is 5. The summed E-state index contributed by atoms with van der Waals surface area (Å²) in [7, 11) is 3.31. The minimum absolute atomic E-state index is 0.279. The van der Waals surface area contributed by atoms with Gasteiger partial charge in [0.1, 0.15) is 11.5 Å². The van der Waals surface area contributed by atoms with Crippen LogP contribution in [0.1, 0.15) is 24.5 Å². The van der Waals surface area contributed by atoms with Crippen LogP contribution in [0.4, 0.5) is 0 Å². The molecule has 0 spiro atoms. The fourth-order valence-corrected chi connectivity index (χ4v) is 1.66. The number of methoxy groups -OCH3 is 2. The molecule has 0 aromatic heterocycles. The summed E-state index contributed by atoms with van der Waals surface area (Å²) in [5, 5.41) is 9.26. The quantitative estimate of drug-likeness (QED) is 0.834. The molecule has 0 aliphatic rings. The summed E-state index contributed by atoms with van der Waals surface area (Å²) in [5.41, 5.74) is 2.13. The molecule has 1 aromatic rings. The van der Waals surface area contributed by atoms with Gasteiger partial charge in [0, 0.05) is 5.56 Å². The van der Waals surface area contributed by atoms with E-state index in [9.17, 15) is 5.11 Å². The normalized spacial score (nSPS) is 12.3. The predicted molar refractivity (Wildman–Crippen MR) is 64.3 cm³/mol. The predicted octanol–water partition coefficient (Wildman–Crippen LogP) is 2.33. The summed E-state index contributed by atoms with van der Waals surface area (Å²) in [6.07, 6.45) is 1.29. The summed E-state index contributed by atoms with van der Waals surface area (Å²) in [6, 6.07) is 4.00. The first-order chi connectivity index (χ1) is 7.58. The Morgan fingerprint density at radius 2 is 1.69 bits per heavy atom. The smallest absolute Gasteiger partial charge is 0.125 e. The molecule has 0 fully saturated rings. The van der Waals surface area contributed by atoms with Gasteiger partial charge < -0.3 is 14.6 Å². The maximum atomic E-state index is 9.26. The topological polar surface area (TPSA) is 38.7 Å². The second kappa shape index (κ2) is 5.75. The maximum Gasteiger partial charge on any atom is 0.125 e. The van der Waals surface area contributed by atoms with Crippen LogP contribution in [0.2, 0.25) is 0 Å². The highest BCUT2D eigenvalue weighted by Gasteiger charge is 2.08. The van der Waals surface area contributed by atoms with E-state index in [1.54, 1.807) is 21.1 Å². The number of hydrogen-bond donors (Lipinski definition) is 1. The van der Waals surface area contributed by atoms with E-state index in [4.69, 9.17) is 9.47 Å². The van der Waals surface area contributed by atoms with Crippen molar-refractivity contribution >= 4 is 0 Å². The van der Waals surface area contributed by atoms with E-state index in [2.05, 4.69) is 0 Å². The fraction of sp³-hybridized carbons (Fsp3) is 0.538. The molecule has 0 bridgehead atoms. The molecule has 3 heteroatoms. The van der Waals surface area contributed by atoms with Crippen LogP contribution in [0, 0.1) is 6.92 Å². The van der Waals surface area contributed by atoms with Crippen molar-refractivity contribution < 1.29 is 14.6 Å². The van der Waals surface area contributed by atoms with Crippen molar-refractivity contribution in [2.45, 2.75) is 32.8 Å². The van der Waals surface area contributed by atoms with E-state index in [0.717, 1.165) is 35.5 Å². The third kappa shape index (κ3) is 3.14. The summed E-state index contributed by atoms with van der Waals surface area (Å²) in [5.74, 6) is 1.67. The lowest BCUT2D eigenvalue weighted by Crippen LogP contribution is -2.02. The van der Waals surface area contributed by atoms with E-state index >= 15 is 0 Å². The van der Waals surface area contributed by atoms with E-state index in [1.807, 2.05) is 19.1 Å². The molecule has 3 nitrogen and oxygen atoms in total. The molecule has 1 atom stereocenters. The van der Waals surface area contributed by atoms with Gasteiger partial charge in [0.15, 0.2) is 0 Å². The number of benzene rings is 1. The molecule has 0 saturated heterocycles. The van der Waals surface area contributed by atoms with Gasteiger partial charge in [-0.3, -0.25) is 0 Å². The standard InChI is InChI=1S/C13H20O3/c1-9(14)5-6-11-7-12(15-3)10(2)13(8-11)16-4/h7-9,14H,5-6H2,1-4H3/t9-/m1/s1. The average Bonchev–Trinajstić information content (AvgIpc) is 2.27. The number of aliphatic hydroxyl groups is 1. The zero-order valence-electron chi connectivity index (χ0n) is 10.4. The number of ether oxygens (including phenoxy) is 2. The van der Waals surface area contributed by atoms with Crippen LogP contribution in [-0.4, -0.2) is 25.4 Å². The van der Waals surface area contributed by atoms with Crippen LogP contribution in [0.15, 0.2) is 12.1 Å². The van der Waals surface area contributed by atoms with Crippen molar-refractivity contribution in [2.75, 3.05) is 14.2 Å². The fourth-order valence-electron chi connectivity index (χ4n) is 1.66. The Morgan fingerprint density at radius 3 is 2.06 bits per heavy atom. The highest BCUT2D eigenvalue weighted by Crippen LogP contribution is 2.29. The first-order valence-electron chi connectivity index (χ1n) is 5.48. The monoisotopic (exact) mass is 224 g/mol. The molecule has 0 aliphatic carbocycles. The lowest BCUT2D eigenvalue weighted by Gasteiger charge is -2.13. The molecule has 0 amide bonds. The van der Waals surface area contributed by atoms with Crippen LogP contribution in [-0.2, 0) is 6.42 Å². The van der Waals surface area contributed by atoms with E-state index in [1.165, 1.54) is 0 Å². The summed E-state index contributed by atoms with van der Waals surface area (Å²) >= 11 is 0. The molecule has 1 rings (SSSR count). The molecular weight excluding hydrogens is 204 g/mol. The molecule has 1 N–H and O–H groups in total. The Morgan fingerprint density at radius 1 is 1.19 bits per heavy atom. The Hall–Kier alpha value is -1.22. The van der Waals surface area contributed by atoms with Gasteiger partial charge in [-0.1, -0.05) is 0 Å². The van der Waals surface area contributed by atoms with Gasteiger partial charge in [-0.05, 0) is 44.4 Å². The van der Waals surface area contributed by atoms with Crippen LogP contribution in [0.25, 0.3) is 0 Å². The van der Waals surface area contributed by atoms with Gasteiger partial charge >= 0.3 is 0 Å². The zero-order chi connectivity index (χ0) is 12.1. The first kappa shape index (κ1) is 12.8. The summed E-state index contributed by atoms with van der Waals surface area (Å²) < 4.78 is 10.6. The van der Waals surface area contributed by atoms with Crippen molar-refractivity contribution in [3.8, 4) is 11.5 Å². The number of hydrogen-bond acceptors (Lipinski definition) is 3. The Kier molecular flexibility index (Phi) is 4.62. The molecule has 0 radical (unpaired) electrons. The molecule has 0 unspecified atom stereocenters. The maximum absolute atomic E-state index is 9.26. The average molecular weight is 224 g/mol. The number of aliphatic hydroxyl groups excluding tert-OH is 1. The molecule has 1 aromatic carbocycles. The van der Waals surface area contributed by atoms with Crippen molar-refractivity contribution in [3.05, 3.63) is 23.3 Å². The second-order valence-corrected chi connectivity index (χ2v) is 4.01. The largest absolute Gasteiger partial charge is 0.496 e. The van der Waals surface area contributed by atoms with Crippen molar-refractivity contribution in [2.24, 2.45) is 0 Å². The van der Waals surface area contributed by atoms with Crippen LogP contribution in [0.5, 0.6) is 11.5 Å². The van der Waals surface area contributed by atoms with Gasteiger partial charge in [-0.15, -0.1) is 0 Å². The van der Waals surface area contributed by atoms with Gasteiger partial charge in [-0.2, -0.15) is 0 Å². The first-order valence-corrected chi connectivity index (χ1v) is 5.48. The molecule has 0 saturated carbocycles. The Labute approximate surface area is 97.0 Å². The van der Waals surface area contributed by atoms with E-state index in [-0.39, 0.29) is 6.10 Å². The molecule has 0 heterocycles. The minimum Gasteiger partial charge on any atom is -0.496 e. The molecular formula is C13H20O3. The number of aryl methyl sites for hydroxylation is 1. The summed E-state index contributed by atoms with van der Waals surface area (Å²) in [6.45, 7) is 3.76. The molecule has 0 aliphatic heterocycles. The minimum atomic E-state index is -0.279. The lowest BCUT2D eigenvalue weighted by atomic mass is 10.0. The van der Waals surface area contributed by atoms with Crippen molar-refractivity contribution in [1.29, 1.82) is 0 Å². The van der Waals surface area contributed by atoms with E-state index < -0.39 is 0 Å². The van der Waals surface area contributed by atoms with Crippen molar-refractivity contribution in [3.63, 3.8) is 0 Å². The highest BCUT2D eigenvalue weighted by atomic mass is 16.5. The van der Waals surface area contributed by atoms with Gasteiger partial charge in [0.2, 0.25) is 0 Å². The van der Waals surface area contributed by atoms with Gasteiger partial charge in [0.05, 0.1) is 20.3 Å². The zero-order valence-corrected chi connectivity index (χ0v) is 10.4. The van der Waals surface area contributed by atoms with Crippen LogP contribution in [0.3, 0.4) is 0 Å². The Balaban J connectivity index is 2.93. The van der Waals surface area contributed by atoms with Crippen LogP contribution >= 0.6 is 0 Å². The van der Waals surface area contributed by atoms with Crippen molar-refractivity contribution in [1.82, 2.24) is 0 Å². The SMILES string of the molecule is COc1cc(CC[C@@H](C)O)cc(OC)c1C. The molecule has 16 heavy (non-hydrogen) atoms. The third-order valence-corrected chi connectivity index (χ3v) is 2.66. The second-order valence-electron chi connectivity index (χ2n) is 4.01. The van der Waals surface area contributed by atoms with Gasteiger partial charge in [0.25, 0.3) is 0 Å². The molecule has 90 valence electrons. The van der Waals surface area contributed by atoms with E-state index in [0.29, 0.717) is 0 Å². The summed E-state index contributed by atoms with van der Waals surface area (Å²) in [4.78, 5) is 0. The van der Waals surface area contributed by atoms with Gasteiger partial charge in [-0.25, -0.2) is 0 Å². The lowest BCUT2D eigenvalue weighted by molar-refractivity contribution is 0.185. The third-order valence-electron chi connectivity index (χ3n) is 2.66. The Bertz CT molecular complexity index is 320. The highest BCUT2D eigenvalue weighted by molar-refractivity contribution is 5.47. The van der Waals surface area contributed by atoms with Crippen LogP contribution < -0.4 is 9.47 Å².